The van der Waals surface area contributed by atoms with Crippen molar-refractivity contribution in [2.24, 2.45) is 0 Å². The van der Waals surface area contributed by atoms with Crippen molar-refractivity contribution in [3.63, 3.8) is 0 Å². The molecule has 0 aromatic rings. The maximum absolute atomic E-state index is 8.77. The van der Waals surface area contributed by atoms with Gasteiger partial charge in [0.25, 0.3) is 0 Å². The summed E-state index contributed by atoms with van der Waals surface area (Å²) in [7, 11) is 0. The monoisotopic (exact) mass is 200 g/mol. The van der Waals surface area contributed by atoms with Crippen molar-refractivity contribution in [3.05, 3.63) is 0 Å². The van der Waals surface area contributed by atoms with Crippen LogP contribution in [0.4, 0.5) is 0 Å². The molecule has 1 fully saturated rings. The number of nitrogens with one attached hydrogen (secondary N) is 1. The van der Waals surface area contributed by atoms with Gasteiger partial charge in [-0.05, 0) is 32.4 Å². The van der Waals surface area contributed by atoms with Gasteiger partial charge in [0.15, 0.2) is 0 Å². The first kappa shape index (κ1) is 12.0. The third kappa shape index (κ3) is 4.40. The van der Waals surface area contributed by atoms with E-state index in [1.54, 1.807) is 0 Å². The molecule has 0 saturated carbocycles. The number of hydrogen-bond acceptors (Lipinski definition) is 3. The first-order chi connectivity index (χ1) is 6.86. The van der Waals surface area contributed by atoms with Gasteiger partial charge in [0.2, 0.25) is 0 Å². The summed E-state index contributed by atoms with van der Waals surface area (Å²) in [4.78, 5) is 2.43. The first-order valence-corrected chi connectivity index (χ1v) is 5.93. The van der Waals surface area contributed by atoms with Crippen LogP contribution in [0.2, 0.25) is 0 Å². The van der Waals surface area contributed by atoms with E-state index < -0.39 is 0 Å². The standard InChI is InChI=1S/C11H24N2O/c1-2-13(8-5-9-14)10-11-6-3-4-7-12-11/h11-12,14H,2-10H2,1H3. The van der Waals surface area contributed by atoms with Crippen molar-refractivity contribution in [2.75, 3.05) is 32.8 Å². The van der Waals surface area contributed by atoms with Gasteiger partial charge in [0, 0.05) is 25.7 Å². The van der Waals surface area contributed by atoms with Gasteiger partial charge in [-0.3, -0.25) is 0 Å². The molecule has 1 heterocycles. The predicted molar refractivity (Wildman–Crippen MR) is 59.5 cm³/mol. The number of likely N-dealkylation sites (N-methyl/N-ethyl adjacent to an activating group) is 1. The highest BCUT2D eigenvalue weighted by Gasteiger charge is 2.15. The van der Waals surface area contributed by atoms with Crippen LogP contribution in [0.3, 0.4) is 0 Å². The fraction of sp³-hybridized carbons (Fsp3) is 1.00. The zero-order valence-electron chi connectivity index (χ0n) is 9.34. The Hall–Kier alpha value is -0.120. The summed E-state index contributed by atoms with van der Waals surface area (Å²) in [6, 6.07) is 0.683. The molecule has 2 N–H and O–H groups in total. The quantitative estimate of drug-likeness (QED) is 0.667. The molecule has 1 rings (SSSR count). The van der Waals surface area contributed by atoms with Crippen molar-refractivity contribution in [1.29, 1.82) is 0 Å². The van der Waals surface area contributed by atoms with Gasteiger partial charge in [-0.15, -0.1) is 0 Å². The summed E-state index contributed by atoms with van der Waals surface area (Å²) >= 11 is 0. The van der Waals surface area contributed by atoms with Gasteiger partial charge in [-0.2, -0.15) is 0 Å². The molecule has 1 aliphatic heterocycles. The van der Waals surface area contributed by atoms with E-state index in [9.17, 15) is 0 Å². The molecule has 14 heavy (non-hydrogen) atoms. The molecule has 3 heteroatoms. The summed E-state index contributed by atoms with van der Waals surface area (Å²) in [5.74, 6) is 0. The SMILES string of the molecule is CCN(CCCO)CC1CCCCN1. The maximum atomic E-state index is 8.77. The maximum Gasteiger partial charge on any atom is 0.0443 e. The Balaban J connectivity index is 2.16. The van der Waals surface area contributed by atoms with Gasteiger partial charge in [0.05, 0.1) is 0 Å². The number of rotatable bonds is 6. The molecule has 84 valence electrons. The molecule has 0 bridgehead atoms. The lowest BCUT2D eigenvalue weighted by atomic mass is 10.0. The largest absolute Gasteiger partial charge is 0.396 e. The molecule has 0 radical (unpaired) electrons. The van der Waals surface area contributed by atoms with E-state index in [1.807, 2.05) is 0 Å². The van der Waals surface area contributed by atoms with E-state index >= 15 is 0 Å². The van der Waals surface area contributed by atoms with E-state index in [2.05, 4.69) is 17.1 Å². The van der Waals surface area contributed by atoms with Crippen molar-refractivity contribution >= 4 is 0 Å². The average molecular weight is 200 g/mol. The van der Waals surface area contributed by atoms with Gasteiger partial charge in [0.1, 0.15) is 0 Å². The number of hydrogen-bond donors (Lipinski definition) is 2. The molecule has 0 amide bonds. The summed E-state index contributed by atoms with van der Waals surface area (Å²) in [5, 5.41) is 12.3. The topological polar surface area (TPSA) is 35.5 Å². The van der Waals surface area contributed by atoms with Crippen molar-refractivity contribution in [3.8, 4) is 0 Å². The van der Waals surface area contributed by atoms with E-state index in [0.717, 1.165) is 26.1 Å². The smallest absolute Gasteiger partial charge is 0.0443 e. The zero-order valence-corrected chi connectivity index (χ0v) is 9.34. The van der Waals surface area contributed by atoms with Gasteiger partial charge >= 0.3 is 0 Å². The van der Waals surface area contributed by atoms with Gasteiger partial charge in [-0.25, -0.2) is 0 Å². The Morgan fingerprint density at radius 3 is 2.86 bits per heavy atom. The van der Waals surface area contributed by atoms with Crippen LogP contribution in [0.1, 0.15) is 32.6 Å². The van der Waals surface area contributed by atoms with Crippen LogP contribution in [0.25, 0.3) is 0 Å². The van der Waals surface area contributed by atoms with E-state index in [-0.39, 0.29) is 0 Å². The minimum atomic E-state index is 0.314. The highest BCUT2D eigenvalue weighted by molar-refractivity contribution is 4.75. The van der Waals surface area contributed by atoms with E-state index in [4.69, 9.17) is 5.11 Å². The average Bonchev–Trinajstić information content (AvgIpc) is 2.25. The molecule has 1 unspecified atom stereocenters. The number of piperidine rings is 1. The fourth-order valence-electron chi connectivity index (χ4n) is 2.06. The van der Waals surface area contributed by atoms with Crippen LogP contribution < -0.4 is 5.32 Å². The van der Waals surface area contributed by atoms with Crippen LogP contribution in [0.5, 0.6) is 0 Å². The molecule has 3 nitrogen and oxygen atoms in total. The Bertz CT molecular complexity index is 135. The Kier molecular flexibility index (Phi) is 6.15. The first-order valence-electron chi connectivity index (χ1n) is 5.93. The molecule has 0 aromatic heterocycles. The molecule has 1 saturated heterocycles. The Morgan fingerprint density at radius 1 is 1.43 bits per heavy atom. The normalized spacial score (nSPS) is 22.9. The van der Waals surface area contributed by atoms with Crippen molar-refractivity contribution < 1.29 is 5.11 Å². The van der Waals surface area contributed by atoms with Gasteiger partial charge < -0.3 is 15.3 Å². The third-order valence-corrected chi connectivity index (χ3v) is 2.97. The third-order valence-electron chi connectivity index (χ3n) is 2.97. The van der Waals surface area contributed by atoms with Gasteiger partial charge in [-0.1, -0.05) is 13.3 Å². The minimum Gasteiger partial charge on any atom is -0.396 e. The lowest BCUT2D eigenvalue weighted by Gasteiger charge is -2.29. The van der Waals surface area contributed by atoms with Crippen LogP contribution in [0, 0.1) is 0 Å². The summed E-state index contributed by atoms with van der Waals surface area (Å²) in [6.07, 6.45) is 4.92. The van der Waals surface area contributed by atoms with Crippen molar-refractivity contribution in [1.82, 2.24) is 10.2 Å². The van der Waals surface area contributed by atoms with Crippen LogP contribution in [0.15, 0.2) is 0 Å². The molecule has 0 aliphatic carbocycles. The molecule has 1 atom stereocenters. The number of aliphatic hydroxyl groups excluding tert-OH is 1. The highest BCUT2D eigenvalue weighted by atomic mass is 16.3. The molecular weight excluding hydrogens is 176 g/mol. The van der Waals surface area contributed by atoms with Crippen LogP contribution in [-0.4, -0.2) is 48.8 Å². The van der Waals surface area contributed by atoms with E-state index in [1.165, 1.54) is 25.8 Å². The molecular formula is C11H24N2O. The minimum absolute atomic E-state index is 0.314. The second kappa shape index (κ2) is 7.21. The lowest BCUT2D eigenvalue weighted by molar-refractivity contribution is 0.204. The second-order valence-corrected chi connectivity index (χ2v) is 4.12. The van der Waals surface area contributed by atoms with Crippen LogP contribution >= 0.6 is 0 Å². The van der Waals surface area contributed by atoms with Crippen LogP contribution in [-0.2, 0) is 0 Å². The second-order valence-electron chi connectivity index (χ2n) is 4.12. The predicted octanol–water partition coefficient (Wildman–Crippen LogP) is 0.833. The highest BCUT2D eigenvalue weighted by Crippen LogP contribution is 2.08. The van der Waals surface area contributed by atoms with Crippen molar-refractivity contribution in [2.45, 2.75) is 38.6 Å². The lowest BCUT2D eigenvalue weighted by Crippen LogP contribution is -2.44. The number of nitrogens with zero attached hydrogens (tertiary/aromatic N) is 1. The molecule has 1 aliphatic rings. The Labute approximate surface area is 87.5 Å². The molecule has 0 spiro atoms. The van der Waals surface area contributed by atoms with E-state index in [0.29, 0.717) is 12.6 Å². The number of aliphatic hydroxyl groups is 1. The summed E-state index contributed by atoms with van der Waals surface area (Å²) in [5.41, 5.74) is 0. The molecule has 0 aromatic carbocycles. The summed E-state index contributed by atoms with van der Waals surface area (Å²) in [6.45, 7) is 6.97. The zero-order chi connectivity index (χ0) is 10.2. The Morgan fingerprint density at radius 2 is 2.29 bits per heavy atom. The summed E-state index contributed by atoms with van der Waals surface area (Å²) < 4.78 is 0. The fourth-order valence-corrected chi connectivity index (χ4v) is 2.06.